The van der Waals surface area contributed by atoms with Crippen molar-refractivity contribution in [2.75, 3.05) is 5.32 Å². The molecule has 0 radical (unpaired) electrons. The second-order valence-electron chi connectivity index (χ2n) is 6.32. The van der Waals surface area contributed by atoms with Crippen LogP contribution in [0.3, 0.4) is 0 Å². The van der Waals surface area contributed by atoms with Gasteiger partial charge in [0.1, 0.15) is 17.2 Å². The summed E-state index contributed by atoms with van der Waals surface area (Å²) in [5, 5.41) is 14.9. The number of rotatable bonds is 3. The molecule has 5 aromatic rings. The van der Waals surface area contributed by atoms with E-state index in [2.05, 4.69) is 16.4 Å². The molecule has 3 aromatic carbocycles. The lowest BCUT2D eigenvalue weighted by Crippen LogP contribution is -1.95. The molecule has 0 saturated heterocycles. The summed E-state index contributed by atoms with van der Waals surface area (Å²) in [5.74, 6) is 0.291. The number of fused-ring (bicyclic) bond motifs is 3. The van der Waals surface area contributed by atoms with Crippen molar-refractivity contribution >= 4 is 44.2 Å². The van der Waals surface area contributed by atoms with Gasteiger partial charge in [0, 0.05) is 17.0 Å². The molecule has 2 aromatic heterocycles. The summed E-state index contributed by atoms with van der Waals surface area (Å²) in [5.41, 5.74) is 4.36. The van der Waals surface area contributed by atoms with Gasteiger partial charge in [-0.05, 0) is 24.3 Å². The lowest BCUT2D eigenvalue weighted by molar-refractivity contribution is 0.586. The topological polar surface area (TPSA) is 74.7 Å². The van der Waals surface area contributed by atoms with Crippen LogP contribution in [-0.2, 0) is 0 Å². The minimum absolute atomic E-state index is 0.291. The van der Waals surface area contributed by atoms with Crippen LogP contribution in [0, 0.1) is 11.3 Å². The SMILES string of the molecule is N#C/C(=C\Nc1c2ccccc2nc2ccccc12)c1nc2ccccc2o1. The number of benzene rings is 3. The number of allylic oxidation sites excluding steroid dienone is 1. The third kappa shape index (κ3) is 2.65. The van der Waals surface area contributed by atoms with Crippen molar-refractivity contribution in [3.05, 3.63) is 84.9 Å². The van der Waals surface area contributed by atoms with Crippen LogP contribution in [0.25, 0.3) is 38.5 Å². The van der Waals surface area contributed by atoms with Gasteiger partial charge in [0.15, 0.2) is 5.58 Å². The zero-order valence-electron chi connectivity index (χ0n) is 14.8. The quantitative estimate of drug-likeness (QED) is 0.338. The number of para-hydroxylation sites is 4. The second kappa shape index (κ2) is 6.53. The number of anilines is 1. The third-order valence-electron chi connectivity index (χ3n) is 4.59. The highest BCUT2D eigenvalue weighted by Crippen LogP contribution is 2.31. The molecule has 5 heteroatoms. The third-order valence-corrected chi connectivity index (χ3v) is 4.59. The number of hydrogen-bond donors (Lipinski definition) is 1. The average molecular weight is 362 g/mol. The molecule has 5 rings (SSSR count). The van der Waals surface area contributed by atoms with E-state index in [1.54, 1.807) is 6.20 Å². The maximum atomic E-state index is 9.64. The fourth-order valence-electron chi connectivity index (χ4n) is 3.27. The van der Waals surface area contributed by atoms with Crippen LogP contribution in [0.2, 0.25) is 0 Å². The molecule has 0 bridgehead atoms. The Morgan fingerprint density at radius 2 is 1.43 bits per heavy atom. The number of nitriles is 1. The predicted molar refractivity (Wildman–Crippen MR) is 110 cm³/mol. The Morgan fingerprint density at radius 3 is 2.07 bits per heavy atom. The van der Waals surface area contributed by atoms with E-state index in [1.165, 1.54) is 0 Å². The van der Waals surface area contributed by atoms with Crippen molar-refractivity contribution in [1.29, 1.82) is 5.26 Å². The average Bonchev–Trinajstić information content (AvgIpc) is 3.17. The summed E-state index contributed by atoms with van der Waals surface area (Å²) < 4.78 is 5.73. The van der Waals surface area contributed by atoms with Gasteiger partial charge in [0.05, 0.1) is 16.7 Å². The monoisotopic (exact) mass is 362 g/mol. The summed E-state index contributed by atoms with van der Waals surface area (Å²) in [4.78, 5) is 9.13. The zero-order valence-corrected chi connectivity index (χ0v) is 14.8. The Morgan fingerprint density at radius 1 is 0.821 bits per heavy atom. The van der Waals surface area contributed by atoms with E-state index in [4.69, 9.17) is 9.40 Å². The summed E-state index contributed by atoms with van der Waals surface area (Å²) in [7, 11) is 0. The standard InChI is InChI=1S/C23H14N4O/c24-13-15(23-27-20-11-5-6-12-21(20)28-23)14-25-22-16-7-1-3-9-18(16)26-19-10-4-2-8-17(19)22/h1-12,14H,(H,25,26)/b15-14+. The summed E-state index contributed by atoms with van der Waals surface area (Å²) in [6, 6.07) is 25.5. The molecule has 5 nitrogen and oxygen atoms in total. The van der Waals surface area contributed by atoms with Gasteiger partial charge in [-0.3, -0.25) is 0 Å². The van der Waals surface area contributed by atoms with E-state index in [0.29, 0.717) is 17.0 Å². The Bertz CT molecular complexity index is 1320. The van der Waals surface area contributed by atoms with Crippen LogP contribution in [0.5, 0.6) is 0 Å². The highest BCUT2D eigenvalue weighted by molar-refractivity contribution is 6.08. The van der Waals surface area contributed by atoms with Gasteiger partial charge in [0.2, 0.25) is 5.89 Å². The van der Waals surface area contributed by atoms with Crippen molar-refractivity contribution in [1.82, 2.24) is 9.97 Å². The minimum atomic E-state index is 0.291. The van der Waals surface area contributed by atoms with Gasteiger partial charge in [0.25, 0.3) is 0 Å². The van der Waals surface area contributed by atoms with E-state index >= 15 is 0 Å². The number of pyridine rings is 1. The van der Waals surface area contributed by atoms with Gasteiger partial charge in [-0.1, -0.05) is 48.5 Å². The molecule has 0 atom stereocenters. The Kier molecular flexibility index (Phi) is 3.74. The van der Waals surface area contributed by atoms with Gasteiger partial charge in [-0.2, -0.15) is 5.26 Å². The highest BCUT2D eigenvalue weighted by atomic mass is 16.3. The van der Waals surface area contributed by atoms with E-state index in [1.807, 2.05) is 72.8 Å². The Labute approximate surface area is 160 Å². The highest BCUT2D eigenvalue weighted by Gasteiger charge is 2.12. The smallest absolute Gasteiger partial charge is 0.239 e. The maximum Gasteiger partial charge on any atom is 0.239 e. The Hall–Kier alpha value is -4.17. The molecular weight excluding hydrogens is 348 g/mol. The first-order chi connectivity index (χ1) is 13.8. The molecule has 0 aliphatic heterocycles. The van der Waals surface area contributed by atoms with Crippen molar-refractivity contribution in [3.8, 4) is 6.07 Å². The summed E-state index contributed by atoms with van der Waals surface area (Å²) in [6.45, 7) is 0. The zero-order chi connectivity index (χ0) is 18.9. The molecule has 0 aliphatic carbocycles. The van der Waals surface area contributed by atoms with Gasteiger partial charge in [-0.15, -0.1) is 0 Å². The van der Waals surface area contributed by atoms with Crippen molar-refractivity contribution in [2.24, 2.45) is 0 Å². The fourth-order valence-corrected chi connectivity index (χ4v) is 3.27. The van der Waals surface area contributed by atoms with E-state index in [-0.39, 0.29) is 0 Å². The number of nitrogens with one attached hydrogen (secondary N) is 1. The normalized spacial score (nSPS) is 11.8. The van der Waals surface area contributed by atoms with Crippen LogP contribution in [0.15, 0.2) is 83.4 Å². The molecule has 1 N–H and O–H groups in total. The minimum Gasteiger partial charge on any atom is -0.435 e. The number of nitrogens with zero attached hydrogens (tertiary/aromatic N) is 3. The first kappa shape index (κ1) is 16.0. The molecule has 2 heterocycles. The molecule has 0 aliphatic rings. The van der Waals surface area contributed by atoms with Crippen molar-refractivity contribution in [2.45, 2.75) is 0 Å². The molecule has 0 spiro atoms. The van der Waals surface area contributed by atoms with E-state index in [9.17, 15) is 5.26 Å². The van der Waals surface area contributed by atoms with Crippen LogP contribution in [-0.4, -0.2) is 9.97 Å². The predicted octanol–water partition coefficient (Wildman–Crippen LogP) is 5.51. The maximum absolute atomic E-state index is 9.64. The molecule has 132 valence electrons. The van der Waals surface area contributed by atoms with Crippen molar-refractivity contribution < 1.29 is 4.42 Å². The van der Waals surface area contributed by atoms with Crippen molar-refractivity contribution in [3.63, 3.8) is 0 Å². The fraction of sp³-hybridized carbons (Fsp3) is 0. The lowest BCUT2D eigenvalue weighted by atomic mass is 10.1. The Balaban J connectivity index is 1.64. The molecule has 0 fully saturated rings. The molecule has 0 amide bonds. The lowest BCUT2D eigenvalue weighted by Gasteiger charge is -2.10. The number of oxazole rings is 1. The van der Waals surface area contributed by atoms with E-state index in [0.717, 1.165) is 33.0 Å². The number of hydrogen-bond acceptors (Lipinski definition) is 5. The van der Waals surface area contributed by atoms with Gasteiger partial charge >= 0.3 is 0 Å². The molecular formula is C23H14N4O. The van der Waals surface area contributed by atoms with Gasteiger partial charge in [-0.25, -0.2) is 9.97 Å². The second-order valence-corrected chi connectivity index (χ2v) is 6.32. The van der Waals surface area contributed by atoms with Crippen LogP contribution >= 0.6 is 0 Å². The number of aromatic nitrogens is 2. The summed E-state index contributed by atoms with van der Waals surface area (Å²) in [6.07, 6.45) is 1.64. The van der Waals surface area contributed by atoms with E-state index < -0.39 is 0 Å². The molecule has 28 heavy (non-hydrogen) atoms. The summed E-state index contributed by atoms with van der Waals surface area (Å²) >= 11 is 0. The molecule has 0 unspecified atom stereocenters. The van der Waals surface area contributed by atoms with Crippen LogP contribution < -0.4 is 5.32 Å². The van der Waals surface area contributed by atoms with Gasteiger partial charge < -0.3 is 9.73 Å². The van der Waals surface area contributed by atoms with Crippen LogP contribution in [0.4, 0.5) is 5.69 Å². The first-order valence-electron chi connectivity index (χ1n) is 8.84. The first-order valence-corrected chi connectivity index (χ1v) is 8.84. The largest absolute Gasteiger partial charge is 0.435 e. The van der Waals surface area contributed by atoms with Crippen LogP contribution in [0.1, 0.15) is 5.89 Å². The molecule has 0 saturated carbocycles.